The summed E-state index contributed by atoms with van der Waals surface area (Å²) in [6.07, 6.45) is -13.0. The molecule has 0 radical (unpaired) electrons. The molecule has 0 bridgehead atoms. The number of nitrogens with two attached hydrogens (primary N) is 1. The van der Waals surface area contributed by atoms with Crippen LogP contribution in [-0.2, 0) is 14.2 Å². The number of rotatable bonds is 4. The summed E-state index contributed by atoms with van der Waals surface area (Å²) in [6.45, 7) is -1.26. The molecule has 23 heavy (non-hydrogen) atoms. The molecule has 0 aromatic heterocycles. The van der Waals surface area contributed by atoms with E-state index in [1.54, 1.807) is 0 Å². The number of hydrogen-bond donors (Lipinski definition) is 8. The quantitative estimate of drug-likeness (QED) is 0.243. The van der Waals surface area contributed by atoms with E-state index in [0.29, 0.717) is 0 Å². The molecule has 2 rings (SSSR count). The monoisotopic (exact) mass is 341 g/mol. The van der Waals surface area contributed by atoms with Gasteiger partial charge in [0, 0.05) is 0 Å². The van der Waals surface area contributed by atoms with E-state index in [9.17, 15) is 30.6 Å². The Kier molecular flexibility index (Phi) is 6.27. The summed E-state index contributed by atoms with van der Waals surface area (Å²) in [5.74, 6) is 0. The number of ether oxygens (including phenoxy) is 3. The van der Waals surface area contributed by atoms with Crippen molar-refractivity contribution in [3.8, 4) is 0 Å². The Hall–Kier alpha value is -0.440. The van der Waals surface area contributed by atoms with E-state index < -0.39 is 74.6 Å². The topological polar surface area (TPSA) is 195 Å². The van der Waals surface area contributed by atoms with Gasteiger partial charge in [-0.2, -0.15) is 0 Å². The molecular weight excluding hydrogens is 318 g/mol. The highest BCUT2D eigenvalue weighted by molar-refractivity contribution is 4.94. The first-order valence-corrected chi connectivity index (χ1v) is 7.15. The lowest BCUT2D eigenvalue weighted by Gasteiger charge is -2.45. The SMILES string of the molecule is NC1[C@@H](O)[C@H](O[C@@H]2OC(CO)[C@H](O)C(O)[C@@H]2O)C(CO)O[C@@H]1O. The second kappa shape index (κ2) is 7.63. The molecule has 0 spiro atoms. The maximum absolute atomic E-state index is 10.1. The normalized spacial score (nSPS) is 51.7. The van der Waals surface area contributed by atoms with E-state index in [1.807, 2.05) is 0 Å². The highest BCUT2D eigenvalue weighted by atomic mass is 16.7. The van der Waals surface area contributed by atoms with Crippen molar-refractivity contribution in [2.45, 2.75) is 61.3 Å². The van der Waals surface area contributed by atoms with Crippen molar-refractivity contribution in [2.24, 2.45) is 5.73 Å². The van der Waals surface area contributed by atoms with Gasteiger partial charge in [-0.05, 0) is 0 Å². The van der Waals surface area contributed by atoms with E-state index in [2.05, 4.69) is 0 Å². The van der Waals surface area contributed by atoms with Gasteiger partial charge >= 0.3 is 0 Å². The Morgan fingerprint density at radius 1 is 0.783 bits per heavy atom. The van der Waals surface area contributed by atoms with Gasteiger partial charge in [0.25, 0.3) is 0 Å². The molecule has 2 heterocycles. The van der Waals surface area contributed by atoms with Crippen LogP contribution in [0.5, 0.6) is 0 Å². The van der Waals surface area contributed by atoms with Gasteiger partial charge in [-0.3, -0.25) is 0 Å². The van der Waals surface area contributed by atoms with Crippen LogP contribution in [0.2, 0.25) is 0 Å². The predicted octanol–water partition coefficient (Wildman–Crippen LogP) is -5.43. The van der Waals surface area contributed by atoms with E-state index >= 15 is 0 Å². The highest BCUT2D eigenvalue weighted by Crippen LogP contribution is 2.27. The predicted molar refractivity (Wildman–Crippen MR) is 70.6 cm³/mol. The lowest BCUT2D eigenvalue weighted by atomic mass is 9.96. The maximum atomic E-state index is 10.1. The summed E-state index contributed by atoms with van der Waals surface area (Å²) < 4.78 is 15.5. The Balaban J connectivity index is 2.11. The van der Waals surface area contributed by atoms with E-state index in [0.717, 1.165) is 0 Å². The molecule has 136 valence electrons. The van der Waals surface area contributed by atoms with Gasteiger partial charge in [0.15, 0.2) is 12.6 Å². The van der Waals surface area contributed by atoms with E-state index in [1.165, 1.54) is 0 Å². The summed E-state index contributed by atoms with van der Waals surface area (Å²) in [5, 5.41) is 67.3. The van der Waals surface area contributed by atoms with Crippen molar-refractivity contribution in [1.82, 2.24) is 0 Å². The van der Waals surface area contributed by atoms with Gasteiger partial charge in [-0.15, -0.1) is 0 Å². The summed E-state index contributed by atoms with van der Waals surface area (Å²) in [6, 6.07) is -1.23. The first-order chi connectivity index (χ1) is 10.8. The summed E-state index contributed by atoms with van der Waals surface area (Å²) in [5.41, 5.74) is 5.55. The molecule has 0 aromatic rings. The third-order valence-electron chi connectivity index (χ3n) is 4.06. The maximum Gasteiger partial charge on any atom is 0.187 e. The average Bonchev–Trinajstić information content (AvgIpc) is 2.55. The molecule has 2 aliphatic rings. The minimum Gasteiger partial charge on any atom is -0.394 e. The standard InChI is InChI=1S/C12H23NO10/c13-5-7(17)10(4(2-15)21-11(5)20)23-12-9(19)8(18)6(16)3(1-14)22-12/h3-12,14-20H,1-2,13H2/t3?,4?,5?,6-,7+,8?,9-,10+,11-,12-/m0/s1. The fourth-order valence-corrected chi connectivity index (χ4v) is 2.60. The second-order valence-corrected chi connectivity index (χ2v) is 5.61. The fourth-order valence-electron chi connectivity index (χ4n) is 2.60. The molecule has 11 heteroatoms. The Morgan fingerprint density at radius 2 is 1.39 bits per heavy atom. The van der Waals surface area contributed by atoms with Crippen molar-refractivity contribution in [2.75, 3.05) is 13.2 Å². The Labute approximate surface area is 131 Å². The fraction of sp³-hybridized carbons (Fsp3) is 1.00. The minimum absolute atomic E-state index is 0.622. The molecular formula is C12H23NO10. The zero-order valence-corrected chi connectivity index (χ0v) is 12.1. The van der Waals surface area contributed by atoms with Gasteiger partial charge in [0.05, 0.1) is 19.3 Å². The average molecular weight is 341 g/mol. The van der Waals surface area contributed by atoms with Crippen LogP contribution in [0, 0.1) is 0 Å². The van der Waals surface area contributed by atoms with Crippen LogP contribution in [0.3, 0.4) is 0 Å². The Morgan fingerprint density at radius 3 is 1.96 bits per heavy atom. The molecule has 0 saturated carbocycles. The molecule has 2 aliphatic heterocycles. The van der Waals surface area contributed by atoms with Crippen molar-refractivity contribution < 1.29 is 50.0 Å². The lowest BCUT2D eigenvalue weighted by molar-refractivity contribution is -0.344. The molecule has 4 unspecified atom stereocenters. The summed E-state index contributed by atoms with van der Waals surface area (Å²) in [4.78, 5) is 0. The third-order valence-corrected chi connectivity index (χ3v) is 4.06. The largest absolute Gasteiger partial charge is 0.394 e. The van der Waals surface area contributed by atoms with Gasteiger partial charge in [-0.25, -0.2) is 0 Å². The van der Waals surface area contributed by atoms with Crippen molar-refractivity contribution in [3.05, 3.63) is 0 Å². The number of aliphatic hydroxyl groups is 7. The molecule has 9 N–H and O–H groups in total. The van der Waals surface area contributed by atoms with Crippen LogP contribution in [-0.4, -0.2) is 110 Å². The third kappa shape index (κ3) is 3.65. The zero-order chi connectivity index (χ0) is 17.3. The molecule has 2 fully saturated rings. The summed E-state index contributed by atoms with van der Waals surface area (Å²) >= 11 is 0. The molecule has 0 amide bonds. The first-order valence-electron chi connectivity index (χ1n) is 7.15. The van der Waals surface area contributed by atoms with Crippen LogP contribution in [0.15, 0.2) is 0 Å². The van der Waals surface area contributed by atoms with E-state index in [4.69, 9.17) is 25.1 Å². The van der Waals surface area contributed by atoms with Crippen molar-refractivity contribution in [3.63, 3.8) is 0 Å². The number of hydrogen-bond acceptors (Lipinski definition) is 11. The summed E-state index contributed by atoms with van der Waals surface area (Å²) in [7, 11) is 0. The minimum atomic E-state index is -1.68. The molecule has 11 nitrogen and oxygen atoms in total. The highest BCUT2D eigenvalue weighted by Gasteiger charge is 2.49. The smallest absolute Gasteiger partial charge is 0.187 e. The second-order valence-electron chi connectivity index (χ2n) is 5.61. The molecule has 10 atom stereocenters. The lowest BCUT2D eigenvalue weighted by Crippen LogP contribution is -2.66. The van der Waals surface area contributed by atoms with Crippen LogP contribution in [0.4, 0.5) is 0 Å². The Bertz CT molecular complexity index is 383. The van der Waals surface area contributed by atoms with Gasteiger partial charge in [-0.1, -0.05) is 0 Å². The van der Waals surface area contributed by atoms with Gasteiger partial charge < -0.3 is 55.7 Å². The van der Waals surface area contributed by atoms with Crippen LogP contribution >= 0.6 is 0 Å². The molecule has 2 saturated heterocycles. The van der Waals surface area contributed by atoms with E-state index in [-0.39, 0.29) is 0 Å². The van der Waals surface area contributed by atoms with Crippen LogP contribution < -0.4 is 5.73 Å². The van der Waals surface area contributed by atoms with Crippen molar-refractivity contribution in [1.29, 1.82) is 0 Å². The number of aliphatic hydroxyl groups excluding tert-OH is 7. The van der Waals surface area contributed by atoms with Gasteiger partial charge in [0.2, 0.25) is 0 Å². The van der Waals surface area contributed by atoms with Crippen molar-refractivity contribution >= 4 is 0 Å². The van der Waals surface area contributed by atoms with Gasteiger partial charge in [0.1, 0.15) is 42.7 Å². The zero-order valence-electron chi connectivity index (χ0n) is 12.1. The van der Waals surface area contributed by atoms with Crippen LogP contribution in [0.25, 0.3) is 0 Å². The first kappa shape index (κ1) is 18.9. The molecule has 0 aromatic carbocycles. The molecule has 0 aliphatic carbocycles. The van der Waals surface area contributed by atoms with Crippen LogP contribution in [0.1, 0.15) is 0 Å².